The average molecular weight is 377 g/mol. The molecule has 0 saturated carbocycles. The summed E-state index contributed by atoms with van der Waals surface area (Å²) < 4.78 is 3.13. The van der Waals surface area contributed by atoms with Crippen molar-refractivity contribution in [3.63, 3.8) is 0 Å². The van der Waals surface area contributed by atoms with E-state index in [0.717, 1.165) is 18.2 Å². The maximum atomic E-state index is 5.62. The Hall–Kier alpha value is 0.710. The van der Waals surface area contributed by atoms with Crippen molar-refractivity contribution < 1.29 is 0 Å². The topological polar surface area (TPSA) is 26.0 Å². The van der Waals surface area contributed by atoms with Gasteiger partial charge in [0.25, 0.3) is 0 Å². The highest BCUT2D eigenvalue weighted by Gasteiger charge is 2.03. The number of anilines is 1. The SMILES string of the molecule is Nc1ccc(Br)c(I)c1Br. The van der Waals surface area contributed by atoms with Crippen molar-refractivity contribution in [1.82, 2.24) is 0 Å². The van der Waals surface area contributed by atoms with E-state index in [1.165, 1.54) is 0 Å². The normalized spacial score (nSPS) is 9.90. The molecule has 0 fully saturated rings. The Morgan fingerprint density at radius 1 is 1.30 bits per heavy atom. The summed E-state index contributed by atoms with van der Waals surface area (Å²) in [5.41, 5.74) is 6.39. The van der Waals surface area contributed by atoms with Crippen LogP contribution in [0.25, 0.3) is 0 Å². The van der Waals surface area contributed by atoms with Crippen LogP contribution in [0.4, 0.5) is 5.69 Å². The molecule has 2 N–H and O–H groups in total. The van der Waals surface area contributed by atoms with E-state index in [-0.39, 0.29) is 0 Å². The summed E-state index contributed by atoms with van der Waals surface area (Å²) in [5.74, 6) is 0. The molecule has 0 amide bonds. The number of rotatable bonds is 0. The third kappa shape index (κ3) is 1.65. The number of nitrogen functional groups attached to an aromatic ring is 1. The summed E-state index contributed by atoms with van der Waals surface area (Å²) in [6.07, 6.45) is 0. The lowest BCUT2D eigenvalue weighted by atomic mass is 10.3. The minimum atomic E-state index is 0.771. The van der Waals surface area contributed by atoms with Crippen LogP contribution in [0.5, 0.6) is 0 Å². The largest absolute Gasteiger partial charge is 0.398 e. The Kier molecular flexibility index (Phi) is 3.00. The summed E-state index contributed by atoms with van der Waals surface area (Å²) in [6, 6.07) is 3.79. The summed E-state index contributed by atoms with van der Waals surface area (Å²) in [4.78, 5) is 0. The van der Waals surface area contributed by atoms with Gasteiger partial charge in [0.2, 0.25) is 0 Å². The lowest BCUT2D eigenvalue weighted by Gasteiger charge is -2.01. The second-order valence-corrected chi connectivity index (χ2v) is 4.49. The van der Waals surface area contributed by atoms with E-state index in [1.807, 2.05) is 12.1 Å². The van der Waals surface area contributed by atoms with Gasteiger partial charge in [0.1, 0.15) is 0 Å². The first-order valence-electron chi connectivity index (χ1n) is 2.52. The van der Waals surface area contributed by atoms with Crippen LogP contribution < -0.4 is 5.73 Å². The van der Waals surface area contributed by atoms with Crippen LogP contribution in [-0.2, 0) is 0 Å². The highest BCUT2D eigenvalue weighted by molar-refractivity contribution is 14.1. The molecule has 0 unspecified atom stereocenters. The average Bonchev–Trinajstić information content (AvgIpc) is 1.93. The van der Waals surface area contributed by atoms with Crippen LogP contribution >= 0.6 is 54.5 Å². The Balaban J connectivity index is 3.34. The maximum Gasteiger partial charge on any atom is 0.0549 e. The van der Waals surface area contributed by atoms with Gasteiger partial charge in [-0.2, -0.15) is 0 Å². The molecule has 1 aromatic rings. The minimum absolute atomic E-state index is 0.771. The molecule has 1 aromatic carbocycles. The molecule has 0 atom stereocenters. The molecule has 0 aliphatic heterocycles. The Morgan fingerprint density at radius 2 is 1.90 bits per heavy atom. The molecular weight excluding hydrogens is 373 g/mol. The first kappa shape index (κ1) is 8.80. The third-order valence-electron chi connectivity index (χ3n) is 1.07. The molecular formula is C6H4Br2IN. The van der Waals surface area contributed by atoms with E-state index in [9.17, 15) is 0 Å². The number of benzene rings is 1. The fraction of sp³-hybridized carbons (Fsp3) is 0. The van der Waals surface area contributed by atoms with E-state index in [4.69, 9.17) is 5.73 Å². The summed E-state index contributed by atoms with van der Waals surface area (Å²) in [7, 11) is 0. The van der Waals surface area contributed by atoms with Crippen LogP contribution in [0.3, 0.4) is 0 Å². The number of hydrogen-bond acceptors (Lipinski definition) is 1. The maximum absolute atomic E-state index is 5.62. The van der Waals surface area contributed by atoms with Gasteiger partial charge in [-0.3, -0.25) is 0 Å². The lowest BCUT2D eigenvalue weighted by molar-refractivity contribution is 1.53. The van der Waals surface area contributed by atoms with Crippen LogP contribution in [0, 0.1) is 3.57 Å². The smallest absolute Gasteiger partial charge is 0.0549 e. The highest BCUT2D eigenvalue weighted by atomic mass is 127. The first-order chi connectivity index (χ1) is 4.63. The predicted molar refractivity (Wildman–Crippen MR) is 59.0 cm³/mol. The molecule has 0 radical (unpaired) electrons. The van der Waals surface area contributed by atoms with Crippen molar-refractivity contribution in [3.05, 3.63) is 24.6 Å². The zero-order chi connectivity index (χ0) is 7.72. The van der Waals surface area contributed by atoms with E-state index in [2.05, 4.69) is 54.5 Å². The zero-order valence-corrected chi connectivity index (χ0v) is 10.2. The zero-order valence-electron chi connectivity index (χ0n) is 4.87. The molecule has 0 saturated heterocycles. The molecule has 10 heavy (non-hydrogen) atoms. The van der Waals surface area contributed by atoms with E-state index in [1.54, 1.807) is 0 Å². The molecule has 0 aliphatic carbocycles. The van der Waals surface area contributed by atoms with Gasteiger partial charge in [-0.25, -0.2) is 0 Å². The fourth-order valence-electron chi connectivity index (χ4n) is 0.541. The minimum Gasteiger partial charge on any atom is -0.398 e. The van der Waals surface area contributed by atoms with Gasteiger partial charge >= 0.3 is 0 Å². The van der Waals surface area contributed by atoms with Crippen molar-refractivity contribution in [1.29, 1.82) is 0 Å². The van der Waals surface area contributed by atoms with Crippen LogP contribution in [0.15, 0.2) is 21.1 Å². The van der Waals surface area contributed by atoms with Crippen molar-refractivity contribution >= 4 is 60.1 Å². The Bertz CT molecular complexity index is 235. The van der Waals surface area contributed by atoms with Gasteiger partial charge in [0, 0.05) is 13.7 Å². The second-order valence-electron chi connectivity index (χ2n) is 1.76. The summed E-state index contributed by atoms with van der Waals surface area (Å²) in [5, 5.41) is 0. The first-order valence-corrected chi connectivity index (χ1v) is 5.18. The van der Waals surface area contributed by atoms with Crippen molar-refractivity contribution in [2.75, 3.05) is 5.73 Å². The van der Waals surface area contributed by atoms with E-state index >= 15 is 0 Å². The Morgan fingerprint density at radius 3 is 2.40 bits per heavy atom. The monoisotopic (exact) mass is 375 g/mol. The van der Waals surface area contributed by atoms with Gasteiger partial charge in [-0.05, 0) is 66.6 Å². The molecule has 0 aliphatic rings. The van der Waals surface area contributed by atoms with Crippen molar-refractivity contribution in [2.24, 2.45) is 0 Å². The van der Waals surface area contributed by atoms with Crippen LogP contribution in [-0.4, -0.2) is 0 Å². The van der Waals surface area contributed by atoms with Gasteiger partial charge in [-0.1, -0.05) is 0 Å². The summed E-state index contributed by atoms with van der Waals surface area (Å²) in [6.45, 7) is 0. The number of halogens is 3. The number of hydrogen-bond donors (Lipinski definition) is 1. The molecule has 0 spiro atoms. The van der Waals surface area contributed by atoms with Crippen LogP contribution in [0.2, 0.25) is 0 Å². The quantitative estimate of drug-likeness (QED) is 0.419. The molecule has 54 valence electrons. The second kappa shape index (κ2) is 3.40. The van der Waals surface area contributed by atoms with E-state index in [0.29, 0.717) is 0 Å². The molecule has 0 heterocycles. The van der Waals surface area contributed by atoms with Gasteiger partial charge < -0.3 is 5.73 Å². The molecule has 1 rings (SSSR count). The predicted octanol–water partition coefficient (Wildman–Crippen LogP) is 3.40. The number of nitrogens with two attached hydrogens (primary N) is 1. The Labute approximate surface area is 89.8 Å². The van der Waals surface area contributed by atoms with Gasteiger partial charge in [0.05, 0.1) is 4.47 Å². The standard InChI is InChI=1S/C6H4Br2IN/c7-3-1-2-4(10)5(8)6(3)9/h1-2H,10H2. The third-order valence-corrected chi connectivity index (χ3v) is 5.18. The molecule has 0 bridgehead atoms. The van der Waals surface area contributed by atoms with E-state index < -0.39 is 0 Å². The molecule has 0 aromatic heterocycles. The molecule has 1 nitrogen and oxygen atoms in total. The summed E-state index contributed by atoms with van der Waals surface area (Å²) >= 11 is 8.98. The molecule has 4 heteroatoms. The van der Waals surface area contributed by atoms with Crippen molar-refractivity contribution in [2.45, 2.75) is 0 Å². The van der Waals surface area contributed by atoms with Gasteiger partial charge in [-0.15, -0.1) is 0 Å². The van der Waals surface area contributed by atoms with Crippen molar-refractivity contribution in [3.8, 4) is 0 Å². The fourth-order valence-corrected chi connectivity index (χ4v) is 1.97. The van der Waals surface area contributed by atoms with Crippen LogP contribution in [0.1, 0.15) is 0 Å². The highest BCUT2D eigenvalue weighted by Crippen LogP contribution is 2.31. The lowest BCUT2D eigenvalue weighted by Crippen LogP contribution is -1.88. The van der Waals surface area contributed by atoms with Gasteiger partial charge in [0.15, 0.2) is 0 Å².